The van der Waals surface area contributed by atoms with Crippen LogP contribution in [-0.2, 0) is 11.2 Å². The van der Waals surface area contributed by atoms with E-state index in [-0.39, 0.29) is 6.04 Å². The number of anilines is 1. The number of rotatable bonds is 5. The molecule has 19 heavy (non-hydrogen) atoms. The minimum absolute atomic E-state index is 0.217. The molecule has 1 aliphatic rings. The summed E-state index contributed by atoms with van der Waals surface area (Å²) in [5, 5.41) is 0. The summed E-state index contributed by atoms with van der Waals surface area (Å²) in [6.45, 7) is 6.12. The van der Waals surface area contributed by atoms with Crippen molar-refractivity contribution in [1.29, 1.82) is 0 Å². The maximum atomic E-state index is 5.85. The van der Waals surface area contributed by atoms with E-state index in [9.17, 15) is 0 Å². The van der Waals surface area contributed by atoms with Gasteiger partial charge in [-0.15, -0.1) is 0 Å². The van der Waals surface area contributed by atoms with Crippen molar-refractivity contribution in [3.63, 3.8) is 0 Å². The Hall–Kier alpha value is -1.06. The molecular weight excluding hydrogens is 236 g/mol. The van der Waals surface area contributed by atoms with Crippen molar-refractivity contribution in [3.05, 3.63) is 29.3 Å². The first kappa shape index (κ1) is 14.4. The van der Waals surface area contributed by atoms with Crippen LogP contribution in [0.1, 0.15) is 30.9 Å². The highest BCUT2D eigenvalue weighted by Crippen LogP contribution is 2.23. The fourth-order valence-electron chi connectivity index (χ4n) is 2.84. The zero-order chi connectivity index (χ0) is 13.8. The van der Waals surface area contributed by atoms with Crippen LogP contribution in [0.2, 0.25) is 0 Å². The van der Waals surface area contributed by atoms with Crippen LogP contribution < -0.4 is 10.6 Å². The largest absolute Gasteiger partial charge is 0.376 e. The molecule has 1 aliphatic heterocycles. The topological polar surface area (TPSA) is 38.5 Å². The van der Waals surface area contributed by atoms with Gasteiger partial charge >= 0.3 is 0 Å². The molecule has 2 rings (SSSR count). The molecule has 2 unspecified atom stereocenters. The molecule has 0 aromatic heterocycles. The van der Waals surface area contributed by atoms with Crippen LogP contribution in [0.5, 0.6) is 0 Å². The summed E-state index contributed by atoms with van der Waals surface area (Å²) in [6.07, 6.45) is 3.72. The van der Waals surface area contributed by atoms with Crippen molar-refractivity contribution < 1.29 is 4.74 Å². The monoisotopic (exact) mass is 262 g/mol. The van der Waals surface area contributed by atoms with Crippen LogP contribution in [-0.4, -0.2) is 32.3 Å². The molecule has 0 amide bonds. The third kappa shape index (κ3) is 3.95. The van der Waals surface area contributed by atoms with E-state index in [1.807, 2.05) is 6.92 Å². The summed E-state index contributed by atoms with van der Waals surface area (Å²) >= 11 is 0. The van der Waals surface area contributed by atoms with E-state index in [0.717, 1.165) is 19.6 Å². The van der Waals surface area contributed by atoms with Gasteiger partial charge < -0.3 is 15.4 Å². The smallest absolute Gasteiger partial charge is 0.0750 e. The molecule has 0 spiro atoms. The van der Waals surface area contributed by atoms with Crippen LogP contribution >= 0.6 is 0 Å². The van der Waals surface area contributed by atoms with E-state index in [1.54, 1.807) is 0 Å². The van der Waals surface area contributed by atoms with E-state index < -0.39 is 0 Å². The van der Waals surface area contributed by atoms with Gasteiger partial charge in [-0.05, 0) is 50.3 Å². The average Bonchev–Trinajstić information content (AvgIpc) is 2.80. The highest BCUT2D eigenvalue weighted by molar-refractivity contribution is 5.54. The molecule has 3 heteroatoms. The van der Waals surface area contributed by atoms with Gasteiger partial charge in [0, 0.05) is 31.9 Å². The van der Waals surface area contributed by atoms with Crippen LogP contribution in [0.4, 0.5) is 5.69 Å². The van der Waals surface area contributed by atoms with Gasteiger partial charge in [0.15, 0.2) is 0 Å². The summed E-state index contributed by atoms with van der Waals surface area (Å²) in [5.74, 6) is 0. The van der Waals surface area contributed by atoms with Crippen molar-refractivity contribution in [2.75, 3.05) is 25.1 Å². The quantitative estimate of drug-likeness (QED) is 0.886. The lowest BCUT2D eigenvalue weighted by molar-refractivity contribution is 0.116. The molecule has 0 saturated carbocycles. The first-order valence-electron chi connectivity index (χ1n) is 7.24. The van der Waals surface area contributed by atoms with Crippen LogP contribution in [0, 0.1) is 6.92 Å². The molecule has 106 valence electrons. The van der Waals surface area contributed by atoms with Gasteiger partial charge in [0.05, 0.1) is 6.10 Å². The fraction of sp³-hybridized carbons (Fsp3) is 0.625. The van der Waals surface area contributed by atoms with E-state index in [1.165, 1.54) is 29.7 Å². The number of likely N-dealkylation sites (N-methyl/N-ethyl adjacent to an activating group) is 1. The Labute approximate surface area is 116 Å². The molecule has 0 bridgehead atoms. The number of hydrogen-bond donors (Lipinski definition) is 1. The maximum absolute atomic E-state index is 5.85. The molecular formula is C16H26N2O. The van der Waals surface area contributed by atoms with Crippen LogP contribution in [0.25, 0.3) is 0 Å². The lowest BCUT2D eigenvalue weighted by Crippen LogP contribution is -2.29. The van der Waals surface area contributed by atoms with Gasteiger partial charge in [-0.2, -0.15) is 0 Å². The van der Waals surface area contributed by atoms with E-state index in [4.69, 9.17) is 10.5 Å². The van der Waals surface area contributed by atoms with Crippen LogP contribution in [0.15, 0.2) is 18.2 Å². The third-order valence-electron chi connectivity index (χ3n) is 3.73. The number of nitrogens with zero attached hydrogens (tertiary/aromatic N) is 1. The third-order valence-corrected chi connectivity index (χ3v) is 3.73. The number of nitrogens with two attached hydrogens (primary N) is 1. The van der Waals surface area contributed by atoms with Gasteiger partial charge in [-0.1, -0.05) is 12.1 Å². The molecule has 1 heterocycles. The second-order valence-electron chi connectivity index (χ2n) is 5.82. The zero-order valence-corrected chi connectivity index (χ0v) is 12.4. The summed E-state index contributed by atoms with van der Waals surface area (Å²) in [4.78, 5) is 2.31. The minimum atomic E-state index is 0.217. The molecule has 0 radical (unpaired) electrons. The number of ether oxygens (including phenoxy) is 1. The zero-order valence-electron chi connectivity index (χ0n) is 12.4. The normalized spacial score (nSPS) is 20.5. The van der Waals surface area contributed by atoms with E-state index in [2.05, 4.69) is 37.1 Å². The Morgan fingerprint density at radius 2 is 2.26 bits per heavy atom. The molecule has 0 aliphatic carbocycles. The van der Waals surface area contributed by atoms with Gasteiger partial charge in [0.1, 0.15) is 0 Å². The van der Waals surface area contributed by atoms with Crippen LogP contribution in [0.3, 0.4) is 0 Å². The minimum Gasteiger partial charge on any atom is -0.376 e. The van der Waals surface area contributed by atoms with E-state index in [0.29, 0.717) is 6.10 Å². The molecule has 3 nitrogen and oxygen atoms in total. The molecule has 1 aromatic carbocycles. The highest BCUT2D eigenvalue weighted by atomic mass is 16.5. The fourth-order valence-corrected chi connectivity index (χ4v) is 2.84. The number of hydrogen-bond acceptors (Lipinski definition) is 3. The Morgan fingerprint density at radius 3 is 2.84 bits per heavy atom. The number of benzene rings is 1. The highest BCUT2D eigenvalue weighted by Gasteiger charge is 2.18. The Balaban J connectivity index is 2.02. The molecule has 1 aromatic rings. The van der Waals surface area contributed by atoms with Crippen molar-refractivity contribution in [2.45, 2.75) is 45.3 Å². The molecule has 1 fully saturated rings. The number of aryl methyl sites for hydroxylation is 1. The van der Waals surface area contributed by atoms with Crippen molar-refractivity contribution in [2.24, 2.45) is 5.73 Å². The van der Waals surface area contributed by atoms with Gasteiger partial charge in [-0.3, -0.25) is 0 Å². The van der Waals surface area contributed by atoms with Crippen molar-refractivity contribution in [1.82, 2.24) is 0 Å². The van der Waals surface area contributed by atoms with Gasteiger partial charge in [0.25, 0.3) is 0 Å². The van der Waals surface area contributed by atoms with Crippen molar-refractivity contribution in [3.8, 4) is 0 Å². The van der Waals surface area contributed by atoms with Crippen molar-refractivity contribution >= 4 is 5.69 Å². The Bertz CT molecular complexity index is 411. The standard InChI is InChI=1S/C16H26N2O/c1-12-9-14(10-13(2)17)6-7-16(12)18(3)11-15-5-4-8-19-15/h6-7,9,13,15H,4-5,8,10-11,17H2,1-3H3. The van der Waals surface area contributed by atoms with Gasteiger partial charge in [0.2, 0.25) is 0 Å². The first-order chi connectivity index (χ1) is 9.06. The predicted molar refractivity (Wildman–Crippen MR) is 80.8 cm³/mol. The van der Waals surface area contributed by atoms with Gasteiger partial charge in [-0.25, -0.2) is 0 Å². The first-order valence-corrected chi connectivity index (χ1v) is 7.24. The lowest BCUT2D eigenvalue weighted by atomic mass is 10.0. The maximum Gasteiger partial charge on any atom is 0.0750 e. The SMILES string of the molecule is Cc1cc(CC(C)N)ccc1N(C)CC1CCCO1. The Morgan fingerprint density at radius 1 is 1.47 bits per heavy atom. The summed E-state index contributed by atoms with van der Waals surface area (Å²) in [6, 6.07) is 6.87. The summed E-state index contributed by atoms with van der Waals surface area (Å²) < 4.78 is 5.70. The molecule has 1 saturated heterocycles. The summed E-state index contributed by atoms with van der Waals surface area (Å²) in [5.41, 5.74) is 9.79. The second kappa shape index (κ2) is 6.40. The average molecular weight is 262 g/mol. The lowest BCUT2D eigenvalue weighted by Gasteiger charge is -2.25. The second-order valence-corrected chi connectivity index (χ2v) is 5.82. The Kier molecular flexibility index (Phi) is 4.83. The summed E-state index contributed by atoms with van der Waals surface area (Å²) in [7, 11) is 2.15. The predicted octanol–water partition coefficient (Wildman–Crippen LogP) is 2.50. The molecule has 2 atom stereocenters. The molecule has 2 N–H and O–H groups in total. The van der Waals surface area contributed by atoms with E-state index >= 15 is 0 Å².